The van der Waals surface area contributed by atoms with Crippen molar-refractivity contribution in [2.45, 2.75) is 39.3 Å². The second-order valence-electron chi connectivity index (χ2n) is 7.44. The first kappa shape index (κ1) is 25.1. The summed E-state index contributed by atoms with van der Waals surface area (Å²) in [5.74, 6) is -0.0178. The van der Waals surface area contributed by atoms with Gasteiger partial charge >= 0.3 is 12.2 Å². The number of aryl methyl sites for hydroxylation is 2. The zero-order valence-corrected chi connectivity index (χ0v) is 19.3. The zero-order chi connectivity index (χ0) is 25.2. The Bertz CT molecular complexity index is 1230. The molecule has 0 aliphatic rings. The predicted molar refractivity (Wildman–Crippen MR) is 120 cm³/mol. The quantitative estimate of drug-likeness (QED) is 0.335. The molecule has 3 aromatic rings. The fourth-order valence-corrected chi connectivity index (χ4v) is 3.76. The number of hydrogen-bond acceptors (Lipinski definition) is 9. The molecule has 4 N–H and O–H groups in total. The van der Waals surface area contributed by atoms with Crippen LogP contribution in [0.4, 0.5) is 15.5 Å². The van der Waals surface area contributed by atoms with Crippen LogP contribution in [0.25, 0.3) is 11.0 Å². The van der Waals surface area contributed by atoms with Gasteiger partial charge in [0.15, 0.2) is 5.65 Å². The maximum Gasteiger partial charge on any atom is 0.424 e. The van der Waals surface area contributed by atoms with E-state index in [-0.39, 0.29) is 40.5 Å². The third-order valence-corrected chi connectivity index (χ3v) is 5.44. The average Bonchev–Trinajstić information content (AvgIpc) is 3.11. The third kappa shape index (κ3) is 4.85. The van der Waals surface area contributed by atoms with Gasteiger partial charge in [-0.15, -0.1) is 4.90 Å². The molecule has 14 heteroatoms. The van der Waals surface area contributed by atoms with Crippen LogP contribution in [0, 0.1) is 13.8 Å². The number of nitrogens with zero attached hydrogens (tertiary/aromatic N) is 6. The number of carbonyl (C=O) groups is 2. The van der Waals surface area contributed by atoms with Crippen LogP contribution in [-0.2, 0) is 13.0 Å². The van der Waals surface area contributed by atoms with E-state index in [1.165, 1.54) is 4.68 Å². The molecule has 3 heterocycles. The van der Waals surface area contributed by atoms with Crippen LogP contribution in [0.15, 0.2) is 6.20 Å². The van der Waals surface area contributed by atoms with Gasteiger partial charge in [-0.1, -0.05) is 11.6 Å². The van der Waals surface area contributed by atoms with Crippen molar-refractivity contribution >= 4 is 40.8 Å². The molecule has 34 heavy (non-hydrogen) atoms. The molecule has 0 aliphatic carbocycles. The summed E-state index contributed by atoms with van der Waals surface area (Å²) in [6.45, 7) is 3.31. The number of carboxylic acid groups (broad SMARTS) is 2. The molecule has 0 aliphatic heterocycles. The minimum atomic E-state index is -1.80. The van der Waals surface area contributed by atoms with Crippen molar-refractivity contribution in [3.05, 3.63) is 33.9 Å². The molecule has 0 saturated heterocycles. The van der Waals surface area contributed by atoms with Crippen LogP contribution in [0.3, 0.4) is 0 Å². The summed E-state index contributed by atoms with van der Waals surface area (Å²) >= 11 is 6.32. The van der Waals surface area contributed by atoms with Gasteiger partial charge in [0.2, 0.25) is 5.95 Å². The number of aliphatic hydroxyl groups excluding tert-OH is 2. The summed E-state index contributed by atoms with van der Waals surface area (Å²) in [5, 5.41) is 42.0. The molecule has 0 spiro atoms. The lowest BCUT2D eigenvalue weighted by Crippen LogP contribution is -2.36. The maximum atomic E-state index is 11.5. The number of pyridine rings is 1. The van der Waals surface area contributed by atoms with Crippen molar-refractivity contribution in [2.24, 2.45) is 0 Å². The highest BCUT2D eigenvalue weighted by molar-refractivity contribution is 6.34. The Hall–Kier alpha value is -3.55. The molecular weight excluding hydrogens is 472 g/mol. The number of anilines is 1. The molecule has 1 atom stereocenters. The molecule has 0 bridgehead atoms. The molecule has 3 rings (SSSR count). The van der Waals surface area contributed by atoms with Crippen LogP contribution in [0.5, 0.6) is 5.75 Å². The lowest BCUT2D eigenvalue weighted by molar-refractivity contribution is 0.0884. The van der Waals surface area contributed by atoms with Crippen molar-refractivity contribution < 1.29 is 34.8 Å². The van der Waals surface area contributed by atoms with Gasteiger partial charge in [0, 0.05) is 17.3 Å². The number of methoxy groups -OCH3 is 1. The lowest BCUT2D eigenvalue weighted by atomic mass is 10.1. The first-order valence-corrected chi connectivity index (χ1v) is 10.4. The molecule has 2 amide bonds. The molecule has 3 aromatic heterocycles. The van der Waals surface area contributed by atoms with Crippen LogP contribution in [0.1, 0.15) is 28.9 Å². The second-order valence-corrected chi connectivity index (χ2v) is 7.80. The van der Waals surface area contributed by atoms with Gasteiger partial charge in [-0.2, -0.15) is 15.1 Å². The minimum Gasteiger partial charge on any atom is -0.496 e. The summed E-state index contributed by atoms with van der Waals surface area (Å²) in [4.78, 5) is 35.3. The SMILES string of the molecule is COc1c(C)cnc(Cn2nc(CCC(O)CO)c3c(Cl)nc(N(C(=O)O)C(=O)O)nc32)c1C. The molecule has 0 fully saturated rings. The van der Waals surface area contributed by atoms with Crippen LogP contribution >= 0.6 is 11.6 Å². The Balaban J connectivity index is 2.19. The summed E-state index contributed by atoms with van der Waals surface area (Å²) in [5.41, 5.74) is 2.63. The number of rotatable bonds is 8. The largest absolute Gasteiger partial charge is 0.496 e. The first-order chi connectivity index (χ1) is 16.1. The Morgan fingerprint density at radius 1 is 1.21 bits per heavy atom. The van der Waals surface area contributed by atoms with Gasteiger partial charge < -0.3 is 25.2 Å². The molecule has 13 nitrogen and oxygen atoms in total. The van der Waals surface area contributed by atoms with E-state index in [1.807, 2.05) is 13.8 Å². The topological polar surface area (TPSA) is 184 Å². The van der Waals surface area contributed by atoms with E-state index in [1.54, 1.807) is 13.3 Å². The predicted octanol–water partition coefficient (Wildman–Crippen LogP) is 2.00. The molecule has 182 valence electrons. The highest BCUT2D eigenvalue weighted by Gasteiger charge is 2.28. The average molecular weight is 495 g/mol. The zero-order valence-electron chi connectivity index (χ0n) is 18.6. The number of hydrogen-bond donors (Lipinski definition) is 4. The number of ether oxygens (including phenoxy) is 1. The Morgan fingerprint density at radius 2 is 1.88 bits per heavy atom. The molecular formula is C20H23ClN6O7. The number of aliphatic hydroxyl groups is 2. The van der Waals surface area contributed by atoms with Gasteiger partial charge in [0.1, 0.15) is 10.9 Å². The molecule has 0 aromatic carbocycles. The van der Waals surface area contributed by atoms with Gasteiger partial charge in [0.25, 0.3) is 0 Å². The highest BCUT2D eigenvalue weighted by Crippen LogP contribution is 2.30. The third-order valence-electron chi connectivity index (χ3n) is 5.17. The van der Waals surface area contributed by atoms with E-state index in [4.69, 9.17) is 21.4 Å². The van der Waals surface area contributed by atoms with Gasteiger partial charge in [-0.3, -0.25) is 4.98 Å². The van der Waals surface area contributed by atoms with E-state index in [2.05, 4.69) is 20.1 Å². The number of aromatic nitrogens is 5. The summed E-state index contributed by atoms with van der Waals surface area (Å²) < 4.78 is 6.84. The van der Waals surface area contributed by atoms with Gasteiger partial charge in [0.05, 0.1) is 43.1 Å². The van der Waals surface area contributed by atoms with Crippen molar-refractivity contribution in [2.75, 3.05) is 18.6 Å². The number of fused-ring (bicyclic) bond motifs is 1. The highest BCUT2D eigenvalue weighted by atomic mass is 35.5. The van der Waals surface area contributed by atoms with Crippen molar-refractivity contribution in [3.63, 3.8) is 0 Å². The first-order valence-electron chi connectivity index (χ1n) is 10.1. The lowest BCUT2D eigenvalue weighted by Gasteiger charge is -2.13. The van der Waals surface area contributed by atoms with Crippen molar-refractivity contribution in [1.29, 1.82) is 0 Å². The maximum absolute atomic E-state index is 11.5. The van der Waals surface area contributed by atoms with E-state index >= 15 is 0 Å². The fourth-order valence-electron chi connectivity index (χ4n) is 3.49. The standard InChI is InChI=1S/C20H23ClN6O7/c1-9-6-22-13(10(2)15(9)34-3)7-26-17-14(12(25-26)5-4-11(29)8-28)16(21)23-18(24-17)27(19(30)31)20(32)33/h6,11,28-29H,4-5,7-8H2,1-3H3,(H,30,31)(H,32,33). The van der Waals surface area contributed by atoms with Crippen molar-refractivity contribution in [3.8, 4) is 5.75 Å². The number of amides is 2. The summed E-state index contributed by atoms with van der Waals surface area (Å²) in [7, 11) is 1.54. The van der Waals surface area contributed by atoms with E-state index in [0.717, 1.165) is 11.1 Å². The normalized spacial score (nSPS) is 12.1. The number of halogens is 1. The van der Waals surface area contributed by atoms with Crippen LogP contribution in [0.2, 0.25) is 5.15 Å². The van der Waals surface area contributed by atoms with E-state index < -0.39 is 30.8 Å². The van der Waals surface area contributed by atoms with Crippen LogP contribution in [-0.4, -0.2) is 77.2 Å². The Morgan fingerprint density at radius 3 is 2.47 bits per heavy atom. The Labute approximate surface area is 198 Å². The Kier molecular flexibility index (Phi) is 7.49. The van der Waals surface area contributed by atoms with Crippen LogP contribution < -0.4 is 9.64 Å². The second kappa shape index (κ2) is 10.2. The summed E-state index contributed by atoms with van der Waals surface area (Å²) in [6, 6.07) is 0. The van der Waals surface area contributed by atoms with Gasteiger partial charge in [-0.05, 0) is 26.7 Å². The molecule has 0 saturated carbocycles. The monoisotopic (exact) mass is 494 g/mol. The molecule has 0 radical (unpaired) electrons. The molecule has 1 unspecified atom stereocenters. The minimum absolute atomic E-state index is 0.0593. The van der Waals surface area contributed by atoms with Gasteiger partial charge in [-0.25, -0.2) is 14.3 Å². The summed E-state index contributed by atoms with van der Waals surface area (Å²) in [6.07, 6.45) is -2.61. The smallest absolute Gasteiger partial charge is 0.424 e. The van der Waals surface area contributed by atoms with E-state index in [0.29, 0.717) is 17.1 Å². The number of imide groups is 1. The fraction of sp³-hybridized carbons (Fsp3) is 0.400. The van der Waals surface area contributed by atoms with E-state index in [9.17, 15) is 24.9 Å². The van der Waals surface area contributed by atoms with Crippen molar-refractivity contribution in [1.82, 2.24) is 24.7 Å².